The highest BCUT2D eigenvalue weighted by Gasteiger charge is 2.25. The molecule has 0 amide bonds. The third-order valence-electron chi connectivity index (χ3n) is 1.39. The van der Waals surface area contributed by atoms with E-state index in [2.05, 4.69) is 5.32 Å². The van der Waals surface area contributed by atoms with E-state index in [0.717, 1.165) is 6.42 Å². The average molecular weight is 215 g/mol. The highest BCUT2D eigenvalue weighted by atomic mass is 19.4. The summed E-state index contributed by atoms with van der Waals surface area (Å²) >= 11 is 0. The highest BCUT2D eigenvalue weighted by molar-refractivity contribution is 4.54. The molecule has 0 aromatic rings. The molecule has 0 aromatic heterocycles. The van der Waals surface area contributed by atoms with Gasteiger partial charge in [0.05, 0.1) is 13.2 Å². The minimum Gasteiger partial charge on any atom is -0.385 e. The molecule has 0 bridgehead atoms. The van der Waals surface area contributed by atoms with E-state index in [4.69, 9.17) is 9.47 Å². The first-order valence-corrected chi connectivity index (χ1v) is 4.40. The van der Waals surface area contributed by atoms with Crippen molar-refractivity contribution in [3.05, 3.63) is 0 Å². The van der Waals surface area contributed by atoms with Gasteiger partial charge in [0.15, 0.2) is 0 Å². The maximum Gasteiger partial charge on any atom is 0.401 e. The normalized spacial score (nSPS) is 12.0. The first-order valence-electron chi connectivity index (χ1n) is 4.40. The molecule has 0 aromatic carbocycles. The van der Waals surface area contributed by atoms with Gasteiger partial charge in [-0.25, -0.2) is 0 Å². The Bertz CT molecular complexity index is 130. The first-order chi connectivity index (χ1) is 6.56. The van der Waals surface area contributed by atoms with Crippen molar-refractivity contribution in [1.29, 1.82) is 0 Å². The van der Waals surface area contributed by atoms with Crippen molar-refractivity contribution >= 4 is 0 Å². The smallest absolute Gasteiger partial charge is 0.385 e. The van der Waals surface area contributed by atoms with E-state index < -0.39 is 12.7 Å². The summed E-state index contributed by atoms with van der Waals surface area (Å²) in [4.78, 5) is 0. The Hall–Kier alpha value is -0.330. The Morgan fingerprint density at radius 3 is 2.43 bits per heavy atom. The standard InChI is InChI=1S/C8H16F3NO2/c1-13-4-2-5-14-6-3-12-7-8(9,10)11/h12H,2-7H2,1H3. The zero-order valence-electron chi connectivity index (χ0n) is 8.19. The van der Waals surface area contributed by atoms with Crippen LogP contribution in [-0.4, -0.2) is 46.2 Å². The van der Waals surface area contributed by atoms with Crippen LogP contribution in [0, 0.1) is 0 Å². The molecule has 0 spiro atoms. The van der Waals surface area contributed by atoms with E-state index in [0.29, 0.717) is 19.8 Å². The molecule has 0 rings (SSSR count). The summed E-state index contributed by atoms with van der Waals surface area (Å²) in [6.07, 6.45) is -3.38. The Kier molecular flexibility index (Phi) is 7.83. The summed E-state index contributed by atoms with van der Waals surface area (Å²) in [5, 5.41) is 2.23. The van der Waals surface area contributed by atoms with E-state index in [9.17, 15) is 13.2 Å². The summed E-state index contributed by atoms with van der Waals surface area (Å²) in [5.41, 5.74) is 0. The molecule has 0 fully saturated rings. The molecule has 0 aliphatic heterocycles. The zero-order valence-corrected chi connectivity index (χ0v) is 8.19. The van der Waals surface area contributed by atoms with Crippen LogP contribution in [0.1, 0.15) is 6.42 Å². The van der Waals surface area contributed by atoms with Gasteiger partial charge in [-0.2, -0.15) is 13.2 Å². The van der Waals surface area contributed by atoms with Gasteiger partial charge in [0, 0.05) is 26.9 Å². The second-order valence-corrected chi connectivity index (χ2v) is 2.75. The number of ether oxygens (including phenoxy) is 2. The van der Waals surface area contributed by atoms with Gasteiger partial charge in [0.1, 0.15) is 0 Å². The van der Waals surface area contributed by atoms with Crippen LogP contribution in [0.15, 0.2) is 0 Å². The molecule has 3 nitrogen and oxygen atoms in total. The monoisotopic (exact) mass is 215 g/mol. The molecule has 0 atom stereocenters. The topological polar surface area (TPSA) is 30.5 Å². The third kappa shape index (κ3) is 11.7. The van der Waals surface area contributed by atoms with Gasteiger partial charge in [0.25, 0.3) is 0 Å². The second-order valence-electron chi connectivity index (χ2n) is 2.75. The maximum absolute atomic E-state index is 11.6. The van der Waals surface area contributed by atoms with Crippen LogP contribution in [0.4, 0.5) is 13.2 Å². The van der Waals surface area contributed by atoms with Crippen molar-refractivity contribution in [1.82, 2.24) is 5.32 Å². The fourth-order valence-electron chi connectivity index (χ4n) is 0.782. The largest absolute Gasteiger partial charge is 0.401 e. The van der Waals surface area contributed by atoms with Crippen LogP contribution < -0.4 is 5.32 Å². The van der Waals surface area contributed by atoms with Crippen LogP contribution >= 0.6 is 0 Å². The minimum absolute atomic E-state index is 0.215. The van der Waals surface area contributed by atoms with E-state index in [-0.39, 0.29) is 6.54 Å². The molecule has 0 unspecified atom stereocenters. The summed E-state index contributed by atoms with van der Waals surface area (Å²) in [5.74, 6) is 0. The molecule has 0 saturated carbocycles. The summed E-state index contributed by atoms with van der Waals surface area (Å²) in [7, 11) is 1.59. The number of alkyl halides is 3. The molecule has 86 valence electrons. The number of halogens is 3. The third-order valence-corrected chi connectivity index (χ3v) is 1.39. The predicted molar refractivity (Wildman–Crippen MR) is 46.2 cm³/mol. The molecule has 0 aliphatic carbocycles. The predicted octanol–water partition coefficient (Wildman–Crippen LogP) is 1.19. The van der Waals surface area contributed by atoms with Crippen molar-refractivity contribution < 1.29 is 22.6 Å². The van der Waals surface area contributed by atoms with Gasteiger partial charge in [-0.15, -0.1) is 0 Å². The second kappa shape index (κ2) is 8.02. The summed E-state index contributed by atoms with van der Waals surface area (Å²) in [6.45, 7) is 0.665. The maximum atomic E-state index is 11.6. The fourth-order valence-corrected chi connectivity index (χ4v) is 0.782. The van der Waals surface area contributed by atoms with Crippen molar-refractivity contribution in [2.75, 3.05) is 40.0 Å². The van der Waals surface area contributed by atoms with Crippen LogP contribution in [0.25, 0.3) is 0 Å². The molecule has 0 radical (unpaired) electrons. The van der Waals surface area contributed by atoms with E-state index >= 15 is 0 Å². The van der Waals surface area contributed by atoms with Crippen molar-refractivity contribution in [2.45, 2.75) is 12.6 Å². The first kappa shape index (κ1) is 13.7. The van der Waals surface area contributed by atoms with Crippen LogP contribution in [0.3, 0.4) is 0 Å². The lowest BCUT2D eigenvalue weighted by Crippen LogP contribution is -2.31. The molecule has 1 N–H and O–H groups in total. The fraction of sp³-hybridized carbons (Fsp3) is 1.00. The van der Waals surface area contributed by atoms with Crippen molar-refractivity contribution in [2.24, 2.45) is 0 Å². The molecule has 14 heavy (non-hydrogen) atoms. The summed E-state index contributed by atoms with van der Waals surface area (Å²) < 4.78 is 44.6. The SMILES string of the molecule is COCCCOCCNCC(F)(F)F. The Morgan fingerprint density at radius 2 is 1.86 bits per heavy atom. The zero-order chi connectivity index (χ0) is 10.9. The van der Waals surface area contributed by atoms with E-state index in [1.165, 1.54) is 0 Å². The van der Waals surface area contributed by atoms with Gasteiger partial charge in [0.2, 0.25) is 0 Å². The Balaban J connectivity index is 2.99. The van der Waals surface area contributed by atoms with Crippen molar-refractivity contribution in [3.8, 4) is 0 Å². The quantitative estimate of drug-likeness (QED) is 0.617. The van der Waals surface area contributed by atoms with Crippen molar-refractivity contribution in [3.63, 3.8) is 0 Å². The highest BCUT2D eigenvalue weighted by Crippen LogP contribution is 2.11. The van der Waals surface area contributed by atoms with Crippen LogP contribution in [0.2, 0.25) is 0 Å². The van der Waals surface area contributed by atoms with Crippen LogP contribution in [-0.2, 0) is 9.47 Å². The summed E-state index contributed by atoms with van der Waals surface area (Å²) in [6, 6.07) is 0. The minimum atomic E-state index is -4.14. The van der Waals surface area contributed by atoms with Gasteiger partial charge in [-0.1, -0.05) is 0 Å². The number of nitrogens with one attached hydrogen (secondary N) is 1. The number of methoxy groups -OCH3 is 1. The molecule has 0 saturated heterocycles. The van der Waals surface area contributed by atoms with Crippen LogP contribution in [0.5, 0.6) is 0 Å². The van der Waals surface area contributed by atoms with Gasteiger partial charge >= 0.3 is 6.18 Å². The lowest BCUT2D eigenvalue weighted by molar-refractivity contribution is -0.125. The number of hydrogen-bond donors (Lipinski definition) is 1. The Morgan fingerprint density at radius 1 is 1.14 bits per heavy atom. The molecule has 6 heteroatoms. The Labute approximate surface area is 81.6 Å². The molecule has 0 heterocycles. The molecular formula is C8H16F3NO2. The van der Waals surface area contributed by atoms with Gasteiger partial charge in [-0.3, -0.25) is 0 Å². The lowest BCUT2D eigenvalue weighted by atomic mass is 10.5. The van der Waals surface area contributed by atoms with E-state index in [1.807, 2.05) is 0 Å². The lowest BCUT2D eigenvalue weighted by Gasteiger charge is -2.08. The van der Waals surface area contributed by atoms with Gasteiger partial charge in [-0.05, 0) is 6.42 Å². The van der Waals surface area contributed by atoms with Gasteiger partial charge < -0.3 is 14.8 Å². The molecule has 0 aliphatic rings. The number of hydrogen-bond acceptors (Lipinski definition) is 3. The number of rotatable bonds is 8. The molecular weight excluding hydrogens is 199 g/mol. The van der Waals surface area contributed by atoms with E-state index in [1.54, 1.807) is 7.11 Å². The average Bonchev–Trinajstić information content (AvgIpc) is 2.08.